The molecule has 2 aromatic carbocycles. The van der Waals surface area contributed by atoms with E-state index in [0.717, 1.165) is 11.1 Å². The molecular formula is C17H16ClN3O. The van der Waals surface area contributed by atoms with Gasteiger partial charge < -0.3 is 5.32 Å². The highest BCUT2D eigenvalue weighted by Crippen LogP contribution is 2.13. The maximum Gasteiger partial charge on any atom is 0.242 e. The predicted molar refractivity (Wildman–Crippen MR) is 86.1 cm³/mol. The van der Waals surface area contributed by atoms with Gasteiger partial charge in [0.25, 0.3) is 0 Å². The molecule has 2 rings (SSSR count). The van der Waals surface area contributed by atoms with E-state index in [2.05, 4.69) is 10.6 Å². The lowest BCUT2D eigenvalue weighted by atomic mass is 10.1. The monoisotopic (exact) mass is 313 g/mol. The summed E-state index contributed by atoms with van der Waals surface area (Å²) in [6, 6.07) is 18.1. The summed E-state index contributed by atoms with van der Waals surface area (Å²) < 4.78 is 0. The zero-order valence-corrected chi connectivity index (χ0v) is 12.7. The average Bonchev–Trinajstić information content (AvgIpc) is 2.55. The first-order valence-corrected chi connectivity index (χ1v) is 7.26. The molecule has 1 amide bonds. The SMILES string of the molecule is N#CCN[C@@H](C(=O)NCc1ccc(Cl)cc1)c1ccccc1. The van der Waals surface area contributed by atoms with Crippen molar-refractivity contribution in [2.75, 3.05) is 6.54 Å². The second-order valence-electron chi connectivity index (χ2n) is 4.73. The maximum atomic E-state index is 12.4. The van der Waals surface area contributed by atoms with Crippen molar-refractivity contribution in [2.45, 2.75) is 12.6 Å². The van der Waals surface area contributed by atoms with E-state index >= 15 is 0 Å². The fourth-order valence-corrected chi connectivity index (χ4v) is 2.17. The van der Waals surface area contributed by atoms with Crippen LogP contribution in [0.25, 0.3) is 0 Å². The summed E-state index contributed by atoms with van der Waals surface area (Å²) in [6.07, 6.45) is 0. The molecule has 0 aliphatic carbocycles. The first kappa shape index (κ1) is 16.0. The molecule has 0 spiro atoms. The van der Waals surface area contributed by atoms with Gasteiger partial charge in [-0.1, -0.05) is 54.1 Å². The van der Waals surface area contributed by atoms with Crippen LogP contribution in [-0.2, 0) is 11.3 Å². The normalized spacial score (nSPS) is 11.5. The number of hydrogen-bond donors (Lipinski definition) is 2. The summed E-state index contributed by atoms with van der Waals surface area (Å²) in [5, 5.41) is 15.2. The topological polar surface area (TPSA) is 64.9 Å². The van der Waals surface area contributed by atoms with Crippen LogP contribution in [0.1, 0.15) is 17.2 Å². The second-order valence-corrected chi connectivity index (χ2v) is 5.16. The van der Waals surface area contributed by atoms with Gasteiger partial charge in [0, 0.05) is 11.6 Å². The number of hydrogen-bond acceptors (Lipinski definition) is 3. The summed E-state index contributed by atoms with van der Waals surface area (Å²) in [7, 11) is 0. The van der Waals surface area contributed by atoms with Crippen LogP contribution in [0.4, 0.5) is 0 Å². The lowest BCUT2D eigenvalue weighted by Gasteiger charge is -2.17. The Morgan fingerprint density at radius 3 is 2.45 bits per heavy atom. The van der Waals surface area contributed by atoms with Gasteiger partial charge in [-0.2, -0.15) is 5.26 Å². The Kier molecular flexibility index (Phi) is 5.96. The minimum Gasteiger partial charge on any atom is -0.350 e. The van der Waals surface area contributed by atoms with Crippen LogP contribution in [0.2, 0.25) is 5.02 Å². The molecule has 2 aromatic rings. The fourth-order valence-electron chi connectivity index (χ4n) is 2.05. The number of nitrogens with zero attached hydrogens (tertiary/aromatic N) is 1. The summed E-state index contributed by atoms with van der Waals surface area (Å²) >= 11 is 5.83. The van der Waals surface area contributed by atoms with Gasteiger partial charge in [0.05, 0.1) is 12.6 Å². The van der Waals surface area contributed by atoms with Crippen LogP contribution in [0, 0.1) is 11.3 Å². The van der Waals surface area contributed by atoms with Crippen molar-refractivity contribution in [3.8, 4) is 6.07 Å². The lowest BCUT2D eigenvalue weighted by Crippen LogP contribution is -2.37. The quantitative estimate of drug-likeness (QED) is 0.806. The Labute approximate surface area is 134 Å². The van der Waals surface area contributed by atoms with Crippen molar-refractivity contribution in [2.24, 2.45) is 0 Å². The van der Waals surface area contributed by atoms with Crippen LogP contribution in [0.15, 0.2) is 54.6 Å². The smallest absolute Gasteiger partial charge is 0.242 e. The molecule has 0 aromatic heterocycles. The number of nitriles is 1. The van der Waals surface area contributed by atoms with E-state index in [4.69, 9.17) is 16.9 Å². The molecule has 22 heavy (non-hydrogen) atoms. The van der Waals surface area contributed by atoms with E-state index in [9.17, 15) is 4.79 Å². The molecule has 1 atom stereocenters. The van der Waals surface area contributed by atoms with E-state index in [1.54, 1.807) is 12.1 Å². The zero-order valence-electron chi connectivity index (χ0n) is 11.9. The first-order valence-electron chi connectivity index (χ1n) is 6.88. The summed E-state index contributed by atoms with van der Waals surface area (Å²) in [5.74, 6) is -0.170. The second kappa shape index (κ2) is 8.18. The van der Waals surface area contributed by atoms with Crippen molar-refractivity contribution in [1.29, 1.82) is 5.26 Å². The van der Waals surface area contributed by atoms with Gasteiger partial charge in [0.2, 0.25) is 5.91 Å². The molecule has 0 fully saturated rings. The number of benzene rings is 2. The third-order valence-electron chi connectivity index (χ3n) is 3.16. The third kappa shape index (κ3) is 4.59. The van der Waals surface area contributed by atoms with E-state index in [1.165, 1.54) is 0 Å². The maximum absolute atomic E-state index is 12.4. The molecule has 5 heteroatoms. The molecular weight excluding hydrogens is 298 g/mol. The fraction of sp³-hybridized carbons (Fsp3) is 0.176. The largest absolute Gasteiger partial charge is 0.350 e. The number of amides is 1. The van der Waals surface area contributed by atoms with Gasteiger partial charge in [0.1, 0.15) is 6.04 Å². The molecule has 0 bridgehead atoms. The number of carbonyl (C=O) groups is 1. The lowest BCUT2D eigenvalue weighted by molar-refractivity contribution is -0.123. The Hall–Kier alpha value is -2.35. The van der Waals surface area contributed by atoms with Crippen LogP contribution < -0.4 is 10.6 Å². The molecule has 112 valence electrons. The van der Waals surface area contributed by atoms with Gasteiger partial charge in [-0.15, -0.1) is 0 Å². The number of nitrogens with one attached hydrogen (secondary N) is 2. The third-order valence-corrected chi connectivity index (χ3v) is 3.41. The van der Waals surface area contributed by atoms with Crippen LogP contribution in [0.5, 0.6) is 0 Å². The first-order chi connectivity index (χ1) is 10.7. The molecule has 0 radical (unpaired) electrons. The van der Waals surface area contributed by atoms with Gasteiger partial charge in [-0.05, 0) is 23.3 Å². The Morgan fingerprint density at radius 2 is 1.82 bits per heavy atom. The molecule has 0 aliphatic rings. The molecule has 4 nitrogen and oxygen atoms in total. The van der Waals surface area contributed by atoms with E-state index in [-0.39, 0.29) is 12.5 Å². The molecule has 0 saturated carbocycles. The van der Waals surface area contributed by atoms with E-state index in [0.29, 0.717) is 11.6 Å². The van der Waals surface area contributed by atoms with Gasteiger partial charge >= 0.3 is 0 Å². The minimum atomic E-state index is -0.548. The van der Waals surface area contributed by atoms with Crippen molar-refractivity contribution < 1.29 is 4.79 Å². The summed E-state index contributed by atoms with van der Waals surface area (Å²) in [5.41, 5.74) is 1.79. The Bertz CT molecular complexity index is 650. The zero-order chi connectivity index (χ0) is 15.8. The summed E-state index contributed by atoms with van der Waals surface area (Å²) in [6.45, 7) is 0.515. The highest BCUT2D eigenvalue weighted by atomic mass is 35.5. The number of carbonyl (C=O) groups excluding carboxylic acids is 1. The molecule has 0 unspecified atom stereocenters. The molecule has 2 N–H and O–H groups in total. The highest BCUT2D eigenvalue weighted by Gasteiger charge is 2.19. The summed E-state index contributed by atoms with van der Waals surface area (Å²) in [4.78, 5) is 12.4. The predicted octanol–water partition coefficient (Wildman–Crippen LogP) is 2.81. The van der Waals surface area contributed by atoms with E-state index in [1.807, 2.05) is 48.5 Å². The van der Waals surface area contributed by atoms with Gasteiger partial charge in [0.15, 0.2) is 0 Å². The van der Waals surface area contributed by atoms with Crippen LogP contribution in [-0.4, -0.2) is 12.5 Å². The Morgan fingerprint density at radius 1 is 1.14 bits per heavy atom. The van der Waals surface area contributed by atoms with Crippen molar-refractivity contribution >= 4 is 17.5 Å². The van der Waals surface area contributed by atoms with Gasteiger partial charge in [-0.25, -0.2) is 0 Å². The van der Waals surface area contributed by atoms with Crippen LogP contribution >= 0.6 is 11.6 Å². The molecule has 0 aliphatic heterocycles. The minimum absolute atomic E-state index is 0.105. The van der Waals surface area contributed by atoms with Crippen molar-refractivity contribution in [1.82, 2.24) is 10.6 Å². The van der Waals surface area contributed by atoms with Crippen molar-refractivity contribution in [3.63, 3.8) is 0 Å². The number of halogens is 1. The standard InChI is InChI=1S/C17H16ClN3O/c18-15-8-6-13(7-9-15)12-21-17(22)16(20-11-10-19)14-4-2-1-3-5-14/h1-9,16,20H,11-12H2,(H,21,22)/t16-/m1/s1. The average molecular weight is 314 g/mol. The number of rotatable bonds is 6. The van der Waals surface area contributed by atoms with Crippen LogP contribution in [0.3, 0.4) is 0 Å². The molecule has 0 heterocycles. The Balaban J connectivity index is 2.02. The van der Waals surface area contributed by atoms with Gasteiger partial charge in [-0.3, -0.25) is 10.1 Å². The van der Waals surface area contributed by atoms with E-state index < -0.39 is 6.04 Å². The molecule has 0 saturated heterocycles. The van der Waals surface area contributed by atoms with Crippen molar-refractivity contribution in [3.05, 3.63) is 70.7 Å². The highest BCUT2D eigenvalue weighted by molar-refractivity contribution is 6.30.